The number of nitrogens with one attached hydrogen (secondary N) is 2. The first kappa shape index (κ1) is 20.8. The van der Waals surface area contributed by atoms with Crippen LogP contribution in [0.4, 0.5) is 4.79 Å². The number of hydrazone groups is 1. The van der Waals surface area contributed by atoms with Crippen LogP contribution in [0.3, 0.4) is 0 Å². The van der Waals surface area contributed by atoms with Crippen molar-refractivity contribution < 1.29 is 24.2 Å². The number of amides is 2. The number of phenols is 1. The number of methoxy groups -OCH3 is 1. The SMILES string of the molecule is CCOC(=O)N[C@H](Cc1ccccc1)C(=O)N/N=C\c1ccc(O)c(OC)c1. The lowest BCUT2D eigenvalue weighted by Crippen LogP contribution is -2.47. The molecule has 1 atom stereocenters. The Morgan fingerprint density at radius 3 is 2.64 bits per heavy atom. The van der Waals surface area contributed by atoms with Crippen LogP contribution in [0.1, 0.15) is 18.1 Å². The Kier molecular flexibility index (Phi) is 7.83. The number of carbonyl (C=O) groups excluding carboxylic acids is 2. The molecular formula is C20H23N3O5. The third kappa shape index (κ3) is 6.31. The van der Waals surface area contributed by atoms with Crippen molar-refractivity contribution in [1.29, 1.82) is 0 Å². The Labute approximate surface area is 163 Å². The van der Waals surface area contributed by atoms with Gasteiger partial charge in [0.05, 0.1) is 19.9 Å². The number of phenolic OH excluding ortho intramolecular Hbond substituents is 1. The quantitative estimate of drug-likeness (QED) is 0.477. The number of hydrogen-bond acceptors (Lipinski definition) is 6. The largest absolute Gasteiger partial charge is 0.504 e. The van der Waals surface area contributed by atoms with E-state index in [4.69, 9.17) is 9.47 Å². The van der Waals surface area contributed by atoms with Crippen molar-refractivity contribution in [1.82, 2.24) is 10.7 Å². The maximum absolute atomic E-state index is 12.5. The van der Waals surface area contributed by atoms with E-state index in [0.717, 1.165) is 5.56 Å². The van der Waals surface area contributed by atoms with E-state index in [1.165, 1.54) is 19.4 Å². The highest BCUT2D eigenvalue weighted by Gasteiger charge is 2.21. The highest BCUT2D eigenvalue weighted by atomic mass is 16.5. The van der Waals surface area contributed by atoms with E-state index in [9.17, 15) is 14.7 Å². The molecule has 0 bridgehead atoms. The molecular weight excluding hydrogens is 362 g/mol. The van der Waals surface area contributed by atoms with Crippen molar-refractivity contribution in [2.24, 2.45) is 5.10 Å². The van der Waals surface area contributed by atoms with Gasteiger partial charge in [0.15, 0.2) is 11.5 Å². The normalized spacial score (nSPS) is 11.6. The number of aromatic hydroxyl groups is 1. The second-order valence-electron chi connectivity index (χ2n) is 5.77. The number of benzene rings is 2. The van der Waals surface area contributed by atoms with Gasteiger partial charge in [0.2, 0.25) is 0 Å². The van der Waals surface area contributed by atoms with Crippen LogP contribution >= 0.6 is 0 Å². The second kappa shape index (κ2) is 10.6. The predicted molar refractivity (Wildman–Crippen MR) is 104 cm³/mol. The van der Waals surface area contributed by atoms with Gasteiger partial charge in [-0.1, -0.05) is 30.3 Å². The molecule has 0 saturated carbocycles. The third-order valence-corrected chi connectivity index (χ3v) is 3.76. The van der Waals surface area contributed by atoms with Crippen LogP contribution in [0.25, 0.3) is 0 Å². The maximum Gasteiger partial charge on any atom is 0.407 e. The molecule has 0 aliphatic rings. The Bertz CT molecular complexity index is 824. The molecule has 2 aromatic carbocycles. The zero-order valence-electron chi connectivity index (χ0n) is 15.7. The van der Waals surface area contributed by atoms with Crippen molar-refractivity contribution in [3.8, 4) is 11.5 Å². The van der Waals surface area contributed by atoms with Crippen molar-refractivity contribution in [2.45, 2.75) is 19.4 Å². The van der Waals surface area contributed by atoms with E-state index in [1.807, 2.05) is 30.3 Å². The average molecular weight is 385 g/mol. The van der Waals surface area contributed by atoms with Crippen molar-refractivity contribution in [3.63, 3.8) is 0 Å². The van der Waals surface area contributed by atoms with Gasteiger partial charge < -0.3 is 19.9 Å². The first-order chi connectivity index (χ1) is 13.5. The van der Waals surface area contributed by atoms with Crippen LogP contribution in [0.2, 0.25) is 0 Å². The first-order valence-electron chi connectivity index (χ1n) is 8.70. The Morgan fingerprint density at radius 2 is 1.96 bits per heavy atom. The van der Waals surface area contributed by atoms with Crippen LogP contribution in [-0.2, 0) is 16.0 Å². The summed E-state index contributed by atoms with van der Waals surface area (Å²) in [5.74, 6) is -0.189. The van der Waals surface area contributed by atoms with E-state index in [0.29, 0.717) is 11.3 Å². The summed E-state index contributed by atoms with van der Waals surface area (Å²) < 4.78 is 9.89. The number of nitrogens with zero attached hydrogens (tertiary/aromatic N) is 1. The number of alkyl carbamates (subject to hydrolysis) is 1. The number of ether oxygens (including phenoxy) is 2. The van der Waals surface area contributed by atoms with Crippen LogP contribution in [0, 0.1) is 0 Å². The third-order valence-electron chi connectivity index (χ3n) is 3.76. The van der Waals surface area contributed by atoms with E-state index < -0.39 is 18.0 Å². The minimum absolute atomic E-state index is 0.00486. The standard InChI is InChI=1S/C20H23N3O5/c1-3-28-20(26)22-16(11-14-7-5-4-6-8-14)19(25)23-21-13-15-9-10-17(24)18(12-15)27-2/h4-10,12-13,16,24H,3,11H2,1-2H3,(H,22,26)(H,23,25)/b21-13-/t16-/m1/s1. The molecule has 8 nitrogen and oxygen atoms in total. The molecule has 0 aliphatic heterocycles. The van der Waals surface area contributed by atoms with Gasteiger partial charge in [-0.3, -0.25) is 4.79 Å². The molecule has 8 heteroatoms. The van der Waals surface area contributed by atoms with Gasteiger partial charge in [0.1, 0.15) is 6.04 Å². The zero-order valence-corrected chi connectivity index (χ0v) is 15.7. The summed E-state index contributed by atoms with van der Waals surface area (Å²) in [5.41, 5.74) is 3.91. The maximum atomic E-state index is 12.5. The van der Waals surface area contributed by atoms with Gasteiger partial charge in [0, 0.05) is 6.42 Å². The van der Waals surface area contributed by atoms with Crippen molar-refractivity contribution in [2.75, 3.05) is 13.7 Å². The molecule has 2 rings (SSSR count). The fourth-order valence-electron chi connectivity index (χ4n) is 2.40. The van der Waals surface area contributed by atoms with Crippen LogP contribution in [0.15, 0.2) is 53.6 Å². The van der Waals surface area contributed by atoms with Gasteiger partial charge >= 0.3 is 6.09 Å². The van der Waals surface area contributed by atoms with Gasteiger partial charge in [-0.15, -0.1) is 0 Å². The fraction of sp³-hybridized carbons (Fsp3) is 0.250. The zero-order chi connectivity index (χ0) is 20.4. The smallest absolute Gasteiger partial charge is 0.407 e. The van der Waals surface area contributed by atoms with Crippen LogP contribution in [-0.4, -0.2) is 43.1 Å². The van der Waals surface area contributed by atoms with Crippen LogP contribution < -0.4 is 15.5 Å². The average Bonchev–Trinajstić information content (AvgIpc) is 2.69. The van der Waals surface area contributed by atoms with Crippen LogP contribution in [0.5, 0.6) is 11.5 Å². The Balaban J connectivity index is 2.05. The summed E-state index contributed by atoms with van der Waals surface area (Å²) in [6, 6.07) is 13.1. The molecule has 0 heterocycles. The molecule has 3 N–H and O–H groups in total. The van der Waals surface area contributed by atoms with E-state index in [1.54, 1.807) is 19.1 Å². The summed E-state index contributed by atoms with van der Waals surface area (Å²) in [6.07, 6.45) is 1.02. The number of carbonyl (C=O) groups is 2. The topological polar surface area (TPSA) is 109 Å². The molecule has 0 radical (unpaired) electrons. The molecule has 0 unspecified atom stereocenters. The molecule has 0 spiro atoms. The molecule has 2 amide bonds. The highest BCUT2D eigenvalue weighted by Crippen LogP contribution is 2.25. The van der Waals surface area contributed by atoms with Gasteiger partial charge in [-0.2, -0.15) is 5.10 Å². The fourth-order valence-corrected chi connectivity index (χ4v) is 2.40. The summed E-state index contributed by atoms with van der Waals surface area (Å²) in [6.45, 7) is 1.88. The van der Waals surface area contributed by atoms with E-state index >= 15 is 0 Å². The minimum atomic E-state index is -0.854. The summed E-state index contributed by atoms with van der Waals surface area (Å²) >= 11 is 0. The molecule has 2 aromatic rings. The predicted octanol–water partition coefficient (Wildman–Crippen LogP) is 2.21. The van der Waals surface area contributed by atoms with Crippen molar-refractivity contribution in [3.05, 3.63) is 59.7 Å². The Hall–Kier alpha value is -3.55. The summed E-state index contributed by atoms with van der Waals surface area (Å²) in [5, 5.41) is 16.0. The number of hydrogen-bond donors (Lipinski definition) is 3. The van der Waals surface area contributed by atoms with Gasteiger partial charge in [-0.25, -0.2) is 10.2 Å². The van der Waals surface area contributed by atoms with E-state index in [-0.39, 0.29) is 18.8 Å². The van der Waals surface area contributed by atoms with Crippen molar-refractivity contribution >= 4 is 18.2 Å². The lowest BCUT2D eigenvalue weighted by molar-refractivity contribution is -0.123. The molecule has 0 saturated heterocycles. The molecule has 0 aromatic heterocycles. The number of rotatable bonds is 8. The lowest BCUT2D eigenvalue weighted by atomic mass is 10.1. The van der Waals surface area contributed by atoms with E-state index in [2.05, 4.69) is 15.8 Å². The molecule has 148 valence electrons. The molecule has 28 heavy (non-hydrogen) atoms. The summed E-state index contributed by atoms with van der Waals surface area (Å²) in [4.78, 5) is 24.3. The minimum Gasteiger partial charge on any atom is -0.504 e. The summed E-state index contributed by atoms with van der Waals surface area (Å²) in [7, 11) is 1.44. The van der Waals surface area contributed by atoms with Gasteiger partial charge in [-0.05, 0) is 36.2 Å². The second-order valence-corrected chi connectivity index (χ2v) is 5.77. The first-order valence-corrected chi connectivity index (χ1v) is 8.70. The Morgan fingerprint density at radius 1 is 1.21 bits per heavy atom. The molecule has 0 fully saturated rings. The monoisotopic (exact) mass is 385 g/mol. The molecule has 0 aliphatic carbocycles. The highest BCUT2D eigenvalue weighted by molar-refractivity contribution is 5.87. The van der Waals surface area contributed by atoms with Gasteiger partial charge in [0.25, 0.3) is 5.91 Å². The lowest BCUT2D eigenvalue weighted by Gasteiger charge is -2.16.